The van der Waals surface area contributed by atoms with E-state index in [1.807, 2.05) is 30.3 Å². The van der Waals surface area contributed by atoms with Crippen LogP contribution in [0.1, 0.15) is 299 Å². The third-order valence-electron chi connectivity index (χ3n) is 21.7. The Kier molecular flexibility index (Phi) is 47.7. The summed E-state index contributed by atoms with van der Waals surface area (Å²) in [5, 5.41) is 38.4. The van der Waals surface area contributed by atoms with Crippen molar-refractivity contribution in [2.75, 3.05) is 7.11 Å². The molecule has 0 spiro atoms. The van der Waals surface area contributed by atoms with E-state index >= 15 is 0 Å². The average molecular weight is 2550 g/mol. The summed E-state index contributed by atoms with van der Waals surface area (Å²) in [5.74, 6) is 0.569. The first kappa shape index (κ1) is 125. The number of ether oxygens (including phenoxy) is 1. The largest absolute Gasteiger partial charge is 0.516 e. The number of hydrogen-bond acceptors (Lipinski definition) is 13. The topological polar surface area (TPSA) is 210 Å². The predicted molar refractivity (Wildman–Crippen MR) is 557 cm³/mol. The first-order valence-electron chi connectivity index (χ1n) is 45.4. The maximum Gasteiger partial charge on any atom is 0.155 e. The number of ketones is 4. The summed E-state index contributed by atoms with van der Waals surface area (Å²) in [6.45, 7) is 78.6. The molecular weight excluding hydrogens is 2400 g/mol. The molecule has 13 nitrogen and oxygen atoms in total. The van der Waals surface area contributed by atoms with Gasteiger partial charge in [-0.2, -0.15) is 0 Å². The number of pyridine rings is 4. The van der Waals surface area contributed by atoms with Crippen LogP contribution in [-0.2, 0) is 143 Å². The number of aromatic nitrogens is 4. The Hall–Kier alpha value is -9.36. The van der Waals surface area contributed by atoms with Crippen LogP contribution in [0.5, 0.6) is 5.75 Å². The fourth-order valence-corrected chi connectivity index (χ4v) is 14.5. The number of fused-ring (bicyclic) bond motifs is 4. The molecule has 0 atom stereocenters. The number of carbonyl (C=O) groups excluding carboxylic acids is 4. The molecule has 136 heavy (non-hydrogen) atoms. The van der Waals surface area contributed by atoms with E-state index in [2.05, 4.69) is 353 Å². The summed E-state index contributed by atoms with van der Waals surface area (Å²) in [5.41, 5.74) is 31.2. The minimum Gasteiger partial charge on any atom is -0.516 e. The number of methoxy groups -OCH3 is 1. The molecule has 0 bridgehead atoms. The van der Waals surface area contributed by atoms with Crippen LogP contribution in [0.15, 0.2) is 199 Å². The van der Waals surface area contributed by atoms with Crippen molar-refractivity contribution in [3.05, 3.63) is 301 Å². The Morgan fingerprint density at radius 3 is 0.882 bits per heavy atom. The number of aliphatic hydroxyl groups is 4. The van der Waals surface area contributed by atoms with E-state index in [0.717, 1.165) is 78.4 Å². The van der Waals surface area contributed by atoms with Gasteiger partial charge >= 0.3 is 0 Å². The second-order valence-electron chi connectivity index (χ2n) is 43.0. The normalized spacial score (nSPS) is 12.0. The van der Waals surface area contributed by atoms with Gasteiger partial charge in [-0.25, -0.2) is 0 Å². The molecule has 0 aliphatic heterocycles. The summed E-state index contributed by atoms with van der Waals surface area (Å²) < 4.78 is 5.34. The van der Waals surface area contributed by atoms with Crippen molar-refractivity contribution in [1.82, 2.24) is 19.9 Å². The fraction of sp³-hybridized carbons (Fsp3) is 0.395. The smallest absolute Gasteiger partial charge is 0.155 e. The van der Waals surface area contributed by atoms with Crippen LogP contribution < -0.4 is 4.74 Å². The van der Waals surface area contributed by atoms with Crippen molar-refractivity contribution in [3.8, 4) is 50.8 Å². The molecule has 0 amide bonds. The quantitative estimate of drug-likeness (QED) is 0.0603. The van der Waals surface area contributed by atoms with Gasteiger partial charge in [0.2, 0.25) is 0 Å². The van der Waals surface area contributed by atoms with Gasteiger partial charge < -0.3 is 25.2 Å². The number of benzene rings is 8. The van der Waals surface area contributed by atoms with Crippen molar-refractivity contribution in [3.63, 3.8) is 0 Å². The zero-order chi connectivity index (χ0) is 100. The summed E-state index contributed by atoms with van der Waals surface area (Å²) in [4.78, 5) is 60.2. The fourth-order valence-electron chi connectivity index (χ4n) is 14.5. The zero-order valence-corrected chi connectivity index (χ0v) is 97.8. The third kappa shape index (κ3) is 38.4. The number of aryl methyl sites for hydroxylation is 5. The number of hydrogen-bond donors (Lipinski definition) is 4. The first-order valence-corrected chi connectivity index (χ1v) is 45.4. The van der Waals surface area contributed by atoms with Gasteiger partial charge in [-0.3, -0.25) is 39.1 Å². The Morgan fingerprint density at radius 1 is 0.309 bits per heavy atom. The van der Waals surface area contributed by atoms with E-state index in [1.54, 1.807) is 7.11 Å². The van der Waals surface area contributed by atoms with Gasteiger partial charge in [-0.1, -0.05) is 281 Å². The maximum atomic E-state index is 10.0. The number of rotatable bonds is 9. The van der Waals surface area contributed by atoms with Gasteiger partial charge in [0, 0.05) is 132 Å². The second kappa shape index (κ2) is 52.1. The molecule has 17 heteroatoms. The molecule has 4 N–H and O–H groups in total. The van der Waals surface area contributed by atoms with Gasteiger partial charge in [0.15, 0.2) is 23.1 Å². The minimum atomic E-state index is -0.125. The van der Waals surface area contributed by atoms with Crippen molar-refractivity contribution >= 4 is 66.7 Å². The van der Waals surface area contributed by atoms with E-state index in [0.29, 0.717) is 0 Å². The molecule has 0 saturated carbocycles. The summed E-state index contributed by atoms with van der Waals surface area (Å²) in [6.07, 6.45) is 4.67. The van der Waals surface area contributed by atoms with Gasteiger partial charge in [0.25, 0.3) is 0 Å². The minimum absolute atomic E-state index is 0. The predicted octanol–water partition coefficient (Wildman–Crippen LogP) is 31.2. The summed E-state index contributed by atoms with van der Waals surface area (Å²) >= 11 is 0. The van der Waals surface area contributed by atoms with Gasteiger partial charge in [-0.05, 0) is 190 Å². The van der Waals surface area contributed by atoms with E-state index < -0.39 is 0 Å². The molecule has 0 unspecified atom stereocenters. The van der Waals surface area contributed by atoms with Crippen LogP contribution in [0.3, 0.4) is 0 Å². The first-order chi connectivity index (χ1) is 60.5. The number of nitrogens with zero attached hydrogens (tertiary/aromatic N) is 4. The SMILES string of the molecule is CC(=O)C=C(C)O.CC(=O)C=C(C)O.CC(=O)C=C(C)O.CC(=O)C=C(C)O.COc1cc[c-]c(-c2ccc3c(C(C)(C)C)cc(C(C)(C)C)cc3n2)c1.Cc1[c-]c(-c2ccc3c(C(C)(C)C)cc(C(C)(C)C)cc3n2)c(C)cc1.Cc1c[c-]c(-c2ccc3c(C(C)(C)C)cc(C(C)(C)C)cc3n2)c(C)c1.Cc1cc[c-]c(-c2ccc3c(C(C)(C)C)cc(C(C)(C)C)cc3n2)c1C.[Ir].[Ir].[Ir].[Ir]. The molecule has 12 rings (SSSR count). The van der Waals surface area contributed by atoms with E-state index in [4.69, 9.17) is 45.1 Å². The van der Waals surface area contributed by atoms with Crippen molar-refractivity contribution in [2.24, 2.45) is 0 Å². The van der Waals surface area contributed by atoms with Crippen molar-refractivity contribution in [2.45, 2.75) is 306 Å². The molecule has 8 aromatic carbocycles. The molecular formula is C119H150Ir4N4O9-4. The maximum absolute atomic E-state index is 10.0. The molecule has 0 saturated heterocycles. The van der Waals surface area contributed by atoms with E-state index in [-0.39, 0.29) is 170 Å². The second-order valence-corrected chi connectivity index (χ2v) is 43.0. The molecule has 12 aromatic rings. The average Bonchev–Trinajstić information content (AvgIpc) is 0.777. The molecule has 0 aliphatic rings. The Morgan fingerprint density at radius 2 is 0.603 bits per heavy atom. The van der Waals surface area contributed by atoms with Crippen LogP contribution in [0, 0.1) is 65.8 Å². The van der Waals surface area contributed by atoms with Crippen LogP contribution >= 0.6 is 0 Å². The monoisotopic (exact) mass is 2550 g/mol. The summed E-state index contributed by atoms with van der Waals surface area (Å²) in [7, 11) is 1.68. The Labute approximate surface area is 869 Å². The van der Waals surface area contributed by atoms with Gasteiger partial charge in [0.1, 0.15) is 0 Å². The number of aliphatic hydroxyl groups excluding tert-OH is 4. The number of allylic oxidation sites excluding steroid dienone is 8. The zero-order valence-electron chi connectivity index (χ0n) is 88.2. The molecule has 740 valence electrons. The van der Waals surface area contributed by atoms with Crippen molar-refractivity contribution < 1.29 is 125 Å². The van der Waals surface area contributed by atoms with Crippen molar-refractivity contribution in [1.29, 1.82) is 0 Å². The van der Waals surface area contributed by atoms with Crippen LogP contribution in [-0.4, -0.2) is 70.6 Å². The Bertz CT molecular complexity index is 6030. The van der Waals surface area contributed by atoms with Crippen LogP contribution in [0.2, 0.25) is 0 Å². The summed E-state index contributed by atoms with van der Waals surface area (Å²) in [6, 6.07) is 67.8. The van der Waals surface area contributed by atoms with Gasteiger partial charge in [0.05, 0.1) is 52.2 Å². The molecule has 0 fully saturated rings. The number of carbonyl (C=O) groups is 4. The van der Waals surface area contributed by atoms with Crippen LogP contribution in [0.4, 0.5) is 0 Å². The van der Waals surface area contributed by atoms with Gasteiger partial charge in [-0.15, -0.1) is 134 Å². The third-order valence-corrected chi connectivity index (χ3v) is 21.7. The molecule has 4 radical (unpaired) electrons. The van der Waals surface area contributed by atoms with Crippen LogP contribution in [0.25, 0.3) is 88.6 Å². The molecule has 4 heterocycles. The standard InChI is InChI=1S/3C25H30N.C24H28NO.4C5H8O2.4Ir/c1-16-9-10-19(17(2)13-16)22-12-11-20-21(25(6,7)8)14-18(24(3,4)5)15-23(20)26-22;1-16-9-10-17(2)20(13-16)22-12-11-19-21(25(6,7)8)14-18(24(3,4)5)15-23(19)26-22;1-16-10-9-11-19(17(16)2)22-13-12-20-21(25(6,7)8)14-18(24(3,4)5)15-23(20)26-22;1-23(2,3)17-14-20(24(4,5)6)19-11-12-21(25-22(19)15-17)16-9-8-10-18(13-16)26-7;4*1-4(6)3-5(2)7;;;;/h9,11-15H,1-8H3;9-12,14-15H,1-8H3;9-10,12-15H,1-8H3;8,10-15H,1-7H3;4*3,6H,1-2H3;;;;/q4*-1;;;;;;;;. The molecule has 4 aromatic heterocycles. The molecule has 0 aliphatic carbocycles. The van der Waals surface area contributed by atoms with E-state index in [9.17, 15) is 19.2 Å². The Balaban J connectivity index is 0.000000819. The van der Waals surface area contributed by atoms with E-state index in [1.165, 1.54) is 174 Å².